The molecule has 0 amide bonds. The quantitative estimate of drug-likeness (QED) is 0.804. The van der Waals surface area contributed by atoms with Gasteiger partial charge in [-0.2, -0.15) is 0 Å². The zero-order valence-corrected chi connectivity index (χ0v) is 11.1. The Morgan fingerprint density at radius 1 is 1.10 bits per heavy atom. The molecule has 1 aromatic carbocycles. The summed E-state index contributed by atoms with van der Waals surface area (Å²) in [4.78, 5) is 12.2. The van der Waals surface area contributed by atoms with Crippen LogP contribution in [0.2, 0.25) is 0 Å². The second-order valence-corrected chi connectivity index (χ2v) is 5.04. The van der Waals surface area contributed by atoms with Gasteiger partial charge in [0.2, 0.25) is 0 Å². The Morgan fingerprint density at radius 2 is 1.80 bits per heavy atom. The van der Waals surface area contributed by atoms with Crippen LogP contribution in [0.4, 0.5) is 4.39 Å². The molecule has 1 unspecified atom stereocenters. The van der Waals surface area contributed by atoms with Crippen molar-refractivity contribution in [2.75, 3.05) is 0 Å². The second-order valence-electron chi connectivity index (χ2n) is 4.15. The highest BCUT2D eigenvalue weighted by atomic mass is 32.1. The van der Waals surface area contributed by atoms with Crippen molar-refractivity contribution in [2.45, 2.75) is 6.10 Å². The van der Waals surface area contributed by atoms with E-state index in [4.69, 9.17) is 0 Å². The molecule has 4 nitrogen and oxygen atoms in total. The lowest BCUT2D eigenvalue weighted by atomic mass is 10.1. The normalized spacial score (nSPS) is 12.3. The van der Waals surface area contributed by atoms with E-state index in [2.05, 4.69) is 15.0 Å². The third kappa shape index (κ3) is 2.56. The first-order chi connectivity index (χ1) is 9.74. The number of hydrogen-bond donors (Lipinski definition) is 1. The number of nitrogens with zero attached hydrogens (tertiary/aromatic N) is 3. The maximum Gasteiger partial charge on any atom is 0.131 e. The Balaban J connectivity index is 1.88. The molecule has 0 saturated heterocycles. The third-order valence-electron chi connectivity index (χ3n) is 2.80. The fourth-order valence-electron chi connectivity index (χ4n) is 1.76. The van der Waals surface area contributed by atoms with Crippen molar-refractivity contribution in [3.63, 3.8) is 0 Å². The zero-order chi connectivity index (χ0) is 13.9. The minimum atomic E-state index is -0.862. The molecule has 0 aliphatic carbocycles. The van der Waals surface area contributed by atoms with Gasteiger partial charge in [0.15, 0.2) is 0 Å². The van der Waals surface area contributed by atoms with Crippen molar-refractivity contribution in [2.24, 2.45) is 0 Å². The zero-order valence-electron chi connectivity index (χ0n) is 10.3. The van der Waals surface area contributed by atoms with Crippen molar-refractivity contribution in [1.29, 1.82) is 0 Å². The van der Waals surface area contributed by atoms with Crippen LogP contribution in [0.15, 0.2) is 48.4 Å². The van der Waals surface area contributed by atoms with Gasteiger partial charge in [-0.1, -0.05) is 12.1 Å². The second kappa shape index (κ2) is 5.44. The molecule has 6 heteroatoms. The maximum atomic E-state index is 12.9. The van der Waals surface area contributed by atoms with Crippen LogP contribution in [0.5, 0.6) is 0 Å². The largest absolute Gasteiger partial charge is 0.381 e. The number of benzene rings is 1. The molecule has 20 heavy (non-hydrogen) atoms. The van der Waals surface area contributed by atoms with Crippen LogP contribution in [0.25, 0.3) is 11.3 Å². The lowest BCUT2D eigenvalue weighted by Crippen LogP contribution is -1.99. The molecule has 0 aliphatic rings. The van der Waals surface area contributed by atoms with Gasteiger partial charge in [-0.3, -0.25) is 0 Å². The summed E-state index contributed by atoms with van der Waals surface area (Å²) in [6.45, 7) is 0. The van der Waals surface area contributed by atoms with Gasteiger partial charge in [-0.15, -0.1) is 11.3 Å². The summed E-state index contributed by atoms with van der Waals surface area (Å²) in [5.41, 5.74) is 2.12. The van der Waals surface area contributed by atoms with Crippen molar-refractivity contribution in [3.05, 3.63) is 64.8 Å². The SMILES string of the molecule is OC(c1ccc(F)cc1)c1nc(-c2cncnc2)cs1. The van der Waals surface area contributed by atoms with E-state index in [1.807, 2.05) is 5.38 Å². The van der Waals surface area contributed by atoms with Crippen LogP contribution in [0, 0.1) is 5.82 Å². The molecule has 1 atom stereocenters. The van der Waals surface area contributed by atoms with Gasteiger partial charge in [0.1, 0.15) is 23.3 Å². The van der Waals surface area contributed by atoms with Crippen molar-refractivity contribution >= 4 is 11.3 Å². The van der Waals surface area contributed by atoms with Crippen LogP contribution in [0.3, 0.4) is 0 Å². The number of hydrogen-bond acceptors (Lipinski definition) is 5. The molecule has 2 heterocycles. The predicted molar refractivity (Wildman–Crippen MR) is 73.6 cm³/mol. The highest BCUT2D eigenvalue weighted by Gasteiger charge is 2.15. The van der Waals surface area contributed by atoms with Gasteiger partial charge in [0, 0.05) is 23.3 Å². The molecule has 0 spiro atoms. The molecule has 0 aliphatic heterocycles. The number of halogens is 1. The third-order valence-corrected chi connectivity index (χ3v) is 3.70. The first-order valence-electron chi connectivity index (χ1n) is 5.88. The smallest absolute Gasteiger partial charge is 0.131 e. The van der Waals surface area contributed by atoms with E-state index in [1.165, 1.54) is 29.8 Å². The average Bonchev–Trinajstić information content (AvgIpc) is 2.98. The number of aromatic nitrogens is 3. The first kappa shape index (κ1) is 12.8. The molecule has 0 fully saturated rings. The molecule has 0 saturated carbocycles. The van der Waals surface area contributed by atoms with Crippen LogP contribution in [-0.2, 0) is 0 Å². The Morgan fingerprint density at radius 3 is 2.50 bits per heavy atom. The van der Waals surface area contributed by atoms with Crippen LogP contribution in [0.1, 0.15) is 16.7 Å². The number of rotatable bonds is 3. The van der Waals surface area contributed by atoms with E-state index in [1.54, 1.807) is 24.5 Å². The molecular formula is C14H10FN3OS. The summed E-state index contributed by atoms with van der Waals surface area (Å²) in [6, 6.07) is 5.73. The summed E-state index contributed by atoms with van der Waals surface area (Å²) < 4.78 is 12.9. The van der Waals surface area contributed by atoms with Crippen molar-refractivity contribution in [1.82, 2.24) is 15.0 Å². The average molecular weight is 287 g/mol. The Labute approximate surface area is 118 Å². The van der Waals surface area contributed by atoms with E-state index >= 15 is 0 Å². The molecular weight excluding hydrogens is 277 g/mol. The van der Waals surface area contributed by atoms with E-state index in [0.717, 1.165) is 5.56 Å². The monoisotopic (exact) mass is 287 g/mol. The predicted octanol–water partition coefficient (Wildman–Crippen LogP) is 2.82. The summed E-state index contributed by atoms with van der Waals surface area (Å²) in [6.07, 6.45) is 3.91. The number of aliphatic hydroxyl groups excluding tert-OH is 1. The highest BCUT2D eigenvalue weighted by Crippen LogP contribution is 2.28. The first-order valence-corrected chi connectivity index (χ1v) is 6.76. The standard InChI is InChI=1S/C14H10FN3OS/c15-11-3-1-9(2-4-11)13(19)14-18-12(7-20-14)10-5-16-8-17-6-10/h1-8,13,19H. The number of thiazole rings is 1. The molecule has 2 aromatic heterocycles. The highest BCUT2D eigenvalue weighted by molar-refractivity contribution is 7.10. The van der Waals surface area contributed by atoms with Crippen LogP contribution < -0.4 is 0 Å². The van der Waals surface area contributed by atoms with Gasteiger partial charge in [0.25, 0.3) is 0 Å². The van der Waals surface area contributed by atoms with Gasteiger partial charge in [0.05, 0.1) is 5.69 Å². The van der Waals surface area contributed by atoms with E-state index in [0.29, 0.717) is 16.3 Å². The van der Waals surface area contributed by atoms with Gasteiger partial charge < -0.3 is 5.11 Å². The van der Waals surface area contributed by atoms with E-state index in [9.17, 15) is 9.50 Å². The minimum Gasteiger partial charge on any atom is -0.381 e. The van der Waals surface area contributed by atoms with Crippen LogP contribution in [-0.4, -0.2) is 20.1 Å². The molecule has 0 bridgehead atoms. The van der Waals surface area contributed by atoms with Crippen molar-refractivity contribution < 1.29 is 9.50 Å². The molecule has 0 radical (unpaired) electrons. The van der Waals surface area contributed by atoms with Crippen LogP contribution >= 0.6 is 11.3 Å². The molecule has 3 rings (SSSR count). The Hall–Kier alpha value is -2.18. The number of aliphatic hydroxyl groups is 1. The topological polar surface area (TPSA) is 58.9 Å². The van der Waals surface area contributed by atoms with E-state index < -0.39 is 6.10 Å². The lowest BCUT2D eigenvalue weighted by Gasteiger charge is -2.07. The maximum absolute atomic E-state index is 12.9. The van der Waals surface area contributed by atoms with Gasteiger partial charge in [-0.25, -0.2) is 19.3 Å². The lowest BCUT2D eigenvalue weighted by molar-refractivity contribution is 0.220. The molecule has 1 N–H and O–H groups in total. The van der Waals surface area contributed by atoms with E-state index in [-0.39, 0.29) is 5.82 Å². The fourth-order valence-corrected chi connectivity index (χ4v) is 2.60. The fraction of sp³-hybridized carbons (Fsp3) is 0.0714. The van der Waals surface area contributed by atoms with Gasteiger partial charge in [-0.05, 0) is 17.7 Å². The Kier molecular flexibility index (Phi) is 3.49. The molecule has 100 valence electrons. The Bertz CT molecular complexity index is 700. The summed E-state index contributed by atoms with van der Waals surface area (Å²) >= 11 is 1.34. The molecule has 3 aromatic rings. The minimum absolute atomic E-state index is 0.331. The summed E-state index contributed by atoms with van der Waals surface area (Å²) in [5.74, 6) is -0.331. The van der Waals surface area contributed by atoms with Gasteiger partial charge >= 0.3 is 0 Å². The summed E-state index contributed by atoms with van der Waals surface area (Å²) in [5, 5.41) is 12.6. The summed E-state index contributed by atoms with van der Waals surface area (Å²) in [7, 11) is 0. The van der Waals surface area contributed by atoms with Crippen molar-refractivity contribution in [3.8, 4) is 11.3 Å².